The summed E-state index contributed by atoms with van der Waals surface area (Å²) in [6, 6.07) is 15.5. The summed E-state index contributed by atoms with van der Waals surface area (Å²) in [6.45, 7) is 2.10. The number of hydrogen-bond donors (Lipinski definition) is 1. The SMILES string of the molecule is O=C(c1ccccc1)N1CCC(c2cc(NCc3cccnc3)n3ncc(Br)c3n2)CC1. The van der Waals surface area contributed by atoms with Gasteiger partial charge in [-0.05, 0) is 52.5 Å². The number of carbonyl (C=O) groups excluding carboxylic acids is 1. The van der Waals surface area contributed by atoms with Gasteiger partial charge in [-0.25, -0.2) is 4.98 Å². The zero-order chi connectivity index (χ0) is 21.9. The minimum Gasteiger partial charge on any atom is -0.366 e. The Balaban J connectivity index is 1.34. The molecule has 5 rings (SSSR count). The van der Waals surface area contributed by atoms with E-state index < -0.39 is 0 Å². The summed E-state index contributed by atoms with van der Waals surface area (Å²) in [7, 11) is 0. The number of halogens is 1. The smallest absolute Gasteiger partial charge is 0.253 e. The molecule has 1 N–H and O–H groups in total. The summed E-state index contributed by atoms with van der Waals surface area (Å²) >= 11 is 3.57. The second-order valence-electron chi connectivity index (χ2n) is 7.94. The van der Waals surface area contributed by atoms with E-state index in [0.29, 0.717) is 12.5 Å². The molecular weight excluding hydrogens is 468 g/mol. The van der Waals surface area contributed by atoms with E-state index in [2.05, 4.69) is 37.4 Å². The van der Waals surface area contributed by atoms with Crippen LogP contribution in [0.2, 0.25) is 0 Å². The number of fused-ring (bicyclic) bond motifs is 1. The second-order valence-corrected chi connectivity index (χ2v) is 8.80. The molecule has 32 heavy (non-hydrogen) atoms. The Hall–Kier alpha value is -3.26. The van der Waals surface area contributed by atoms with Crippen molar-refractivity contribution in [3.63, 3.8) is 0 Å². The maximum absolute atomic E-state index is 12.8. The molecule has 3 aromatic heterocycles. The van der Waals surface area contributed by atoms with Crippen molar-refractivity contribution < 1.29 is 4.79 Å². The number of anilines is 1. The minimum atomic E-state index is 0.102. The van der Waals surface area contributed by atoms with Gasteiger partial charge in [0.15, 0.2) is 5.65 Å². The van der Waals surface area contributed by atoms with Gasteiger partial charge in [-0.15, -0.1) is 0 Å². The number of rotatable bonds is 5. The lowest BCUT2D eigenvalue weighted by Gasteiger charge is -2.32. The van der Waals surface area contributed by atoms with Crippen LogP contribution in [0.3, 0.4) is 0 Å². The van der Waals surface area contributed by atoms with Gasteiger partial charge in [-0.2, -0.15) is 9.61 Å². The zero-order valence-electron chi connectivity index (χ0n) is 17.5. The molecule has 162 valence electrons. The molecule has 1 saturated heterocycles. The largest absolute Gasteiger partial charge is 0.366 e. The van der Waals surface area contributed by atoms with Gasteiger partial charge < -0.3 is 10.2 Å². The van der Waals surface area contributed by atoms with Crippen molar-refractivity contribution in [2.24, 2.45) is 0 Å². The predicted octanol–water partition coefficient (Wildman–Crippen LogP) is 4.52. The maximum atomic E-state index is 12.8. The highest BCUT2D eigenvalue weighted by Gasteiger charge is 2.26. The Morgan fingerprint density at radius 2 is 1.91 bits per heavy atom. The number of nitrogens with one attached hydrogen (secondary N) is 1. The van der Waals surface area contributed by atoms with Crippen LogP contribution in [0.1, 0.15) is 40.4 Å². The zero-order valence-corrected chi connectivity index (χ0v) is 19.1. The Kier molecular flexibility index (Phi) is 5.85. The standard InChI is InChI=1S/C24H23BrN6O/c25-20-16-28-31-22(27-15-17-5-4-10-26-14-17)13-21(29-23(20)31)18-8-11-30(12-9-18)24(32)19-6-2-1-3-7-19/h1-7,10,13-14,16,18,27H,8-9,11-12,15H2. The molecule has 1 aromatic carbocycles. The van der Waals surface area contributed by atoms with Crippen molar-refractivity contribution in [1.82, 2.24) is 24.5 Å². The Labute approximate surface area is 194 Å². The first-order valence-corrected chi connectivity index (χ1v) is 11.5. The molecule has 0 saturated carbocycles. The van der Waals surface area contributed by atoms with Crippen LogP contribution in [-0.2, 0) is 6.54 Å². The molecule has 1 fully saturated rings. The number of pyridine rings is 1. The molecule has 1 aliphatic heterocycles. The molecular formula is C24H23BrN6O. The van der Waals surface area contributed by atoms with Crippen LogP contribution in [0.15, 0.2) is 71.6 Å². The van der Waals surface area contributed by atoms with E-state index in [-0.39, 0.29) is 5.91 Å². The van der Waals surface area contributed by atoms with Crippen molar-refractivity contribution in [3.8, 4) is 0 Å². The third kappa shape index (κ3) is 4.23. The quantitative estimate of drug-likeness (QED) is 0.445. The van der Waals surface area contributed by atoms with Gasteiger partial charge in [0.25, 0.3) is 5.91 Å². The van der Waals surface area contributed by atoms with Crippen molar-refractivity contribution in [1.29, 1.82) is 0 Å². The highest BCUT2D eigenvalue weighted by atomic mass is 79.9. The monoisotopic (exact) mass is 490 g/mol. The number of hydrogen-bond acceptors (Lipinski definition) is 5. The number of benzene rings is 1. The normalized spacial score (nSPS) is 14.6. The van der Waals surface area contributed by atoms with Gasteiger partial charge in [0, 0.05) is 55.3 Å². The molecule has 0 radical (unpaired) electrons. The van der Waals surface area contributed by atoms with Crippen molar-refractivity contribution in [3.05, 3.63) is 88.4 Å². The topological polar surface area (TPSA) is 75.4 Å². The molecule has 0 aliphatic carbocycles. The van der Waals surface area contributed by atoms with Gasteiger partial charge in [-0.3, -0.25) is 9.78 Å². The van der Waals surface area contributed by atoms with E-state index in [4.69, 9.17) is 4.98 Å². The van der Waals surface area contributed by atoms with E-state index in [1.807, 2.05) is 58.1 Å². The molecule has 1 amide bonds. The molecule has 4 heterocycles. The fourth-order valence-electron chi connectivity index (χ4n) is 4.13. The summed E-state index contributed by atoms with van der Waals surface area (Å²) in [6.07, 6.45) is 7.16. The van der Waals surface area contributed by atoms with Gasteiger partial charge >= 0.3 is 0 Å². The fourth-order valence-corrected chi connectivity index (χ4v) is 4.48. The number of likely N-dealkylation sites (tertiary alicyclic amines) is 1. The Bertz CT molecular complexity index is 1220. The van der Waals surface area contributed by atoms with Crippen LogP contribution in [-0.4, -0.2) is 43.5 Å². The average molecular weight is 491 g/mol. The van der Waals surface area contributed by atoms with E-state index >= 15 is 0 Å². The number of amides is 1. The van der Waals surface area contributed by atoms with Crippen LogP contribution < -0.4 is 5.32 Å². The van der Waals surface area contributed by atoms with Crippen LogP contribution >= 0.6 is 15.9 Å². The van der Waals surface area contributed by atoms with E-state index in [0.717, 1.165) is 58.7 Å². The van der Waals surface area contributed by atoms with Gasteiger partial charge in [-0.1, -0.05) is 24.3 Å². The first kappa shape index (κ1) is 20.6. The van der Waals surface area contributed by atoms with Gasteiger partial charge in [0.05, 0.1) is 10.7 Å². The van der Waals surface area contributed by atoms with Crippen molar-refractivity contribution >= 4 is 33.3 Å². The lowest BCUT2D eigenvalue weighted by molar-refractivity contribution is 0.0712. The summed E-state index contributed by atoms with van der Waals surface area (Å²) < 4.78 is 2.68. The second kappa shape index (κ2) is 9.08. The summed E-state index contributed by atoms with van der Waals surface area (Å²) in [4.78, 5) is 23.8. The maximum Gasteiger partial charge on any atom is 0.253 e. The highest BCUT2D eigenvalue weighted by molar-refractivity contribution is 9.10. The van der Waals surface area contributed by atoms with Crippen molar-refractivity contribution in [2.45, 2.75) is 25.3 Å². The Morgan fingerprint density at radius 1 is 1.09 bits per heavy atom. The number of aromatic nitrogens is 4. The first-order valence-electron chi connectivity index (χ1n) is 10.7. The molecule has 0 unspecified atom stereocenters. The van der Waals surface area contributed by atoms with Crippen LogP contribution in [0, 0.1) is 0 Å². The van der Waals surface area contributed by atoms with Crippen LogP contribution in [0.25, 0.3) is 5.65 Å². The molecule has 4 aromatic rings. The molecule has 0 spiro atoms. The van der Waals surface area contributed by atoms with Crippen LogP contribution in [0.4, 0.5) is 5.82 Å². The Morgan fingerprint density at radius 3 is 2.66 bits per heavy atom. The average Bonchev–Trinajstić information content (AvgIpc) is 3.24. The third-order valence-corrected chi connectivity index (χ3v) is 6.43. The lowest BCUT2D eigenvalue weighted by atomic mass is 9.92. The summed E-state index contributed by atoms with van der Waals surface area (Å²) in [5.74, 6) is 1.28. The minimum absolute atomic E-state index is 0.102. The third-order valence-electron chi connectivity index (χ3n) is 5.87. The molecule has 0 bridgehead atoms. The lowest BCUT2D eigenvalue weighted by Crippen LogP contribution is -2.38. The first-order chi connectivity index (χ1) is 15.7. The highest BCUT2D eigenvalue weighted by Crippen LogP contribution is 2.31. The number of carbonyl (C=O) groups is 1. The van der Waals surface area contributed by atoms with E-state index in [1.165, 1.54) is 0 Å². The summed E-state index contributed by atoms with van der Waals surface area (Å²) in [5, 5.41) is 7.94. The van der Waals surface area contributed by atoms with Gasteiger partial charge in [0.2, 0.25) is 0 Å². The fraction of sp³-hybridized carbons (Fsp3) is 0.250. The van der Waals surface area contributed by atoms with E-state index in [1.54, 1.807) is 12.4 Å². The molecule has 1 aliphatic rings. The predicted molar refractivity (Wildman–Crippen MR) is 127 cm³/mol. The molecule has 0 atom stereocenters. The summed E-state index contributed by atoms with van der Waals surface area (Å²) in [5.41, 5.74) is 3.66. The van der Waals surface area contributed by atoms with Crippen LogP contribution in [0.5, 0.6) is 0 Å². The number of piperidine rings is 1. The van der Waals surface area contributed by atoms with Crippen molar-refractivity contribution in [2.75, 3.05) is 18.4 Å². The molecule has 7 nitrogen and oxygen atoms in total. The number of nitrogens with zero attached hydrogens (tertiary/aromatic N) is 5. The van der Waals surface area contributed by atoms with E-state index in [9.17, 15) is 4.79 Å². The van der Waals surface area contributed by atoms with Gasteiger partial charge in [0.1, 0.15) is 5.82 Å². The molecule has 8 heteroatoms.